The molecule has 1 rings (SSSR count). The highest BCUT2D eigenvalue weighted by molar-refractivity contribution is 9.10. The van der Waals surface area contributed by atoms with Gasteiger partial charge in [-0.1, -0.05) is 29.8 Å². The van der Waals surface area contributed by atoms with Crippen molar-refractivity contribution in [3.05, 3.63) is 28.2 Å². The van der Waals surface area contributed by atoms with Crippen LogP contribution < -0.4 is 10.6 Å². The molecule has 0 saturated carbocycles. The first kappa shape index (κ1) is 15.5. The molecule has 1 unspecified atom stereocenters. The van der Waals surface area contributed by atoms with Crippen LogP contribution >= 0.6 is 15.9 Å². The number of rotatable bonds is 5. The highest BCUT2D eigenvalue weighted by Gasteiger charge is 2.11. The summed E-state index contributed by atoms with van der Waals surface area (Å²) in [7, 11) is 0. The van der Waals surface area contributed by atoms with E-state index in [0.29, 0.717) is 17.2 Å². The average molecular weight is 324 g/mol. The van der Waals surface area contributed by atoms with Gasteiger partial charge in [0.1, 0.15) is 6.07 Å². The third kappa shape index (κ3) is 4.92. The van der Waals surface area contributed by atoms with Crippen molar-refractivity contribution in [1.29, 1.82) is 5.26 Å². The number of halogens is 1. The quantitative estimate of drug-likeness (QED) is 0.875. The molecule has 0 aliphatic heterocycles. The molecular weight excluding hydrogens is 306 g/mol. The molecule has 1 aromatic rings. The van der Waals surface area contributed by atoms with Crippen molar-refractivity contribution in [2.45, 2.75) is 26.8 Å². The van der Waals surface area contributed by atoms with E-state index in [2.05, 4.69) is 46.5 Å². The van der Waals surface area contributed by atoms with E-state index in [1.165, 1.54) is 0 Å². The molecule has 5 heteroatoms. The maximum absolute atomic E-state index is 11.7. The van der Waals surface area contributed by atoms with E-state index in [1.807, 2.05) is 6.92 Å². The predicted octanol–water partition coefficient (Wildman–Crippen LogP) is 2.89. The van der Waals surface area contributed by atoms with Crippen molar-refractivity contribution in [1.82, 2.24) is 5.32 Å². The van der Waals surface area contributed by atoms with Crippen molar-refractivity contribution < 1.29 is 4.79 Å². The van der Waals surface area contributed by atoms with Gasteiger partial charge >= 0.3 is 0 Å². The van der Waals surface area contributed by atoms with Crippen LogP contribution in [-0.4, -0.2) is 18.5 Å². The van der Waals surface area contributed by atoms with Crippen LogP contribution in [0.15, 0.2) is 22.7 Å². The van der Waals surface area contributed by atoms with Crippen molar-refractivity contribution in [3.8, 4) is 6.07 Å². The molecule has 1 atom stereocenters. The highest BCUT2D eigenvalue weighted by atomic mass is 79.9. The zero-order valence-corrected chi connectivity index (χ0v) is 12.9. The van der Waals surface area contributed by atoms with E-state index in [1.54, 1.807) is 18.2 Å². The number of hydrogen-bond acceptors (Lipinski definition) is 3. The zero-order chi connectivity index (χ0) is 14.4. The van der Waals surface area contributed by atoms with Gasteiger partial charge in [-0.2, -0.15) is 5.26 Å². The predicted molar refractivity (Wildman–Crippen MR) is 79.8 cm³/mol. The van der Waals surface area contributed by atoms with Crippen molar-refractivity contribution in [2.24, 2.45) is 5.92 Å². The molecule has 0 aliphatic carbocycles. The number of carbonyl (C=O) groups excluding carboxylic acids is 1. The lowest BCUT2D eigenvalue weighted by Gasteiger charge is -2.18. The van der Waals surface area contributed by atoms with Crippen LogP contribution in [0.3, 0.4) is 0 Å². The minimum atomic E-state index is -0.0786. The van der Waals surface area contributed by atoms with Gasteiger partial charge in [0.25, 0.3) is 0 Å². The highest BCUT2D eigenvalue weighted by Crippen LogP contribution is 2.20. The van der Waals surface area contributed by atoms with E-state index in [9.17, 15) is 4.79 Å². The number of nitrogens with one attached hydrogen (secondary N) is 2. The Hall–Kier alpha value is -1.54. The molecule has 0 heterocycles. The van der Waals surface area contributed by atoms with Gasteiger partial charge < -0.3 is 10.6 Å². The molecule has 2 N–H and O–H groups in total. The summed E-state index contributed by atoms with van der Waals surface area (Å²) >= 11 is 3.34. The number of benzene rings is 1. The van der Waals surface area contributed by atoms with Gasteiger partial charge in [-0.3, -0.25) is 4.79 Å². The van der Waals surface area contributed by atoms with Gasteiger partial charge in [0, 0.05) is 10.5 Å². The van der Waals surface area contributed by atoms with E-state index < -0.39 is 0 Å². The Labute approximate surface area is 122 Å². The summed E-state index contributed by atoms with van der Waals surface area (Å²) in [5.41, 5.74) is 1.18. The number of carbonyl (C=O) groups is 1. The normalized spacial score (nSPS) is 11.8. The molecule has 0 aliphatic rings. The van der Waals surface area contributed by atoms with E-state index in [4.69, 9.17) is 5.26 Å². The lowest BCUT2D eigenvalue weighted by Crippen LogP contribution is -2.39. The number of hydrogen-bond donors (Lipinski definition) is 2. The summed E-state index contributed by atoms with van der Waals surface area (Å²) in [6, 6.07) is 7.52. The summed E-state index contributed by atoms with van der Waals surface area (Å²) in [6.07, 6.45) is 0. The van der Waals surface area contributed by atoms with Gasteiger partial charge in [-0.15, -0.1) is 0 Å². The number of anilines is 1. The fourth-order valence-corrected chi connectivity index (χ4v) is 1.77. The second-order valence-corrected chi connectivity index (χ2v) is 5.67. The lowest BCUT2D eigenvalue weighted by molar-refractivity contribution is -0.120. The Balaban J connectivity index is 2.60. The molecule has 19 heavy (non-hydrogen) atoms. The number of nitriles is 1. The maximum atomic E-state index is 11.7. The summed E-state index contributed by atoms with van der Waals surface area (Å²) in [5.74, 6) is 0.314. The standard InChI is InChI=1S/C14H18BrN3O/c1-9(2)10(3)18-14(19)8-17-13-6-12(15)5-4-11(13)7-16/h4-6,9-10,17H,8H2,1-3H3,(H,18,19). The smallest absolute Gasteiger partial charge is 0.239 e. The largest absolute Gasteiger partial charge is 0.375 e. The van der Waals surface area contributed by atoms with E-state index in [-0.39, 0.29) is 18.5 Å². The SMILES string of the molecule is CC(C)C(C)NC(=O)CNc1cc(Br)ccc1C#N. The van der Waals surface area contributed by atoms with Crippen LogP contribution in [0.25, 0.3) is 0 Å². The van der Waals surface area contributed by atoms with Crippen molar-refractivity contribution in [2.75, 3.05) is 11.9 Å². The molecule has 0 aromatic heterocycles. The zero-order valence-electron chi connectivity index (χ0n) is 11.3. The van der Waals surface area contributed by atoms with Gasteiger partial charge in [0.05, 0.1) is 17.8 Å². The first-order chi connectivity index (χ1) is 8.93. The summed E-state index contributed by atoms with van der Waals surface area (Å²) in [5, 5.41) is 14.9. The second-order valence-electron chi connectivity index (χ2n) is 4.76. The summed E-state index contributed by atoms with van der Waals surface area (Å²) < 4.78 is 0.866. The molecule has 102 valence electrons. The lowest BCUT2D eigenvalue weighted by atomic mass is 10.1. The Morgan fingerprint density at radius 3 is 2.68 bits per heavy atom. The van der Waals surface area contributed by atoms with Crippen LogP contribution in [0, 0.1) is 17.2 Å². The molecule has 4 nitrogen and oxygen atoms in total. The fourth-order valence-electron chi connectivity index (χ4n) is 1.41. The second kappa shape index (κ2) is 7.15. The number of amides is 1. The van der Waals surface area contributed by atoms with Gasteiger partial charge in [0.2, 0.25) is 5.91 Å². The average Bonchev–Trinajstić information content (AvgIpc) is 2.36. The topological polar surface area (TPSA) is 64.9 Å². The maximum Gasteiger partial charge on any atom is 0.239 e. The molecule has 0 saturated heterocycles. The summed E-state index contributed by atoms with van der Waals surface area (Å²) in [4.78, 5) is 11.7. The number of nitrogens with zero attached hydrogens (tertiary/aromatic N) is 1. The third-order valence-electron chi connectivity index (χ3n) is 2.93. The van der Waals surface area contributed by atoms with Crippen LogP contribution in [0.2, 0.25) is 0 Å². The Bertz CT molecular complexity index is 494. The molecule has 1 aromatic carbocycles. The molecular formula is C14H18BrN3O. The third-order valence-corrected chi connectivity index (χ3v) is 3.42. The van der Waals surface area contributed by atoms with E-state index in [0.717, 1.165) is 4.47 Å². The van der Waals surface area contributed by atoms with Crippen molar-refractivity contribution in [3.63, 3.8) is 0 Å². The minimum Gasteiger partial charge on any atom is -0.375 e. The van der Waals surface area contributed by atoms with Gasteiger partial charge in [-0.25, -0.2) is 0 Å². The molecule has 1 amide bonds. The first-order valence-corrected chi connectivity index (χ1v) is 6.96. The molecule has 0 radical (unpaired) electrons. The van der Waals surface area contributed by atoms with Crippen molar-refractivity contribution >= 4 is 27.5 Å². The summed E-state index contributed by atoms with van der Waals surface area (Å²) in [6.45, 7) is 6.24. The Kier molecular flexibility index (Phi) is 5.84. The molecule has 0 bridgehead atoms. The van der Waals surface area contributed by atoms with Crippen LogP contribution in [0.5, 0.6) is 0 Å². The van der Waals surface area contributed by atoms with Crippen LogP contribution in [0.1, 0.15) is 26.3 Å². The van der Waals surface area contributed by atoms with Gasteiger partial charge in [-0.05, 0) is 31.0 Å². The molecule has 0 fully saturated rings. The monoisotopic (exact) mass is 323 g/mol. The van der Waals surface area contributed by atoms with E-state index >= 15 is 0 Å². The Morgan fingerprint density at radius 1 is 1.42 bits per heavy atom. The van der Waals surface area contributed by atoms with Crippen LogP contribution in [0.4, 0.5) is 5.69 Å². The molecule has 0 spiro atoms. The van der Waals surface area contributed by atoms with Crippen LogP contribution in [-0.2, 0) is 4.79 Å². The fraction of sp³-hybridized carbons (Fsp3) is 0.429. The Morgan fingerprint density at radius 2 is 2.11 bits per heavy atom. The first-order valence-electron chi connectivity index (χ1n) is 6.17. The van der Waals surface area contributed by atoms with Gasteiger partial charge in [0.15, 0.2) is 0 Å². The minimum absolute atomic E-state index is 0.0786.